The Morgan fingerprint density at radius 1 is 1.47 bits per heavy atom. The van der Waals surface area contributed by atoms with Crippen molar-refractivity contribution in [1.82, 2.24) is 0 Å². The van der Waals surface area contributed by atoms with Crippen LogP contribution in [0.4, 0.5) is 8.78 Å². The van der Waals surface area contributed by atoms with E-state index in [-0.39, 0.29) is 11.3 Å². The lowest BCUT2D eigenvalue weighted by Crippen LogP contribution is -2.04. The smallest absolute Gasteiger partial charge is 0.387 e. The van der Waals surface area contributed by atoms with Crippen LogP contribution in [0.1, 0.15) is 12.5 Å². The number of aliphatic hydroxyl groups is 1. The highest BCUT2D eigenvalue weighted by molar-refractivity contribution is 5.43. The first-order chi connectivity index (χ1) is 7.17. The number of benzene rings is 1. The fourth-order valence-electron chi connectivity index (χ4n) is 1.09. The van der Waals surface area contributed by atoms with Crippen LogP contribution < -0.4 is 9.47 Å². The molecule has 0 aromatic heterocycles. The van der Waals surface area contributed by atoms with Gasteiger partial charge >= 0.3 is 6.61 Å². The average Bonchev–Trinajstić information content (AvgIpc) is 2.20. The minimum absolute atomic E-state index is 0.0871. The number of ether oxygens (including phenoxy) is 2. The van der Waals surface area contributed by atoms with Crippen LogP contribution >= 0.6 is 0 Å². The van der Waals surface area contributed by atoms with Gasteiger partial charge in [-0.25, -0.2) is 0 Å². The minimum Gasteiger partial charge on any atom is -0.494 e. The van der Waals surface area contributed by atoms with Crippen LogP contribution in [0.25, 0.3) is 0 Å². The zero-order valence-corrected chi connectivity index (χ0v) is 8.11. The fourth-order valence-corrected chi connectivity index (χ4v) is 1.09. The topological polar surface area (TPSA) is 38.7 Å². The molecule has 0 atom stereocenters. The standard InChI is InChI=1S/C10H11F2O3/c1-2-14-8-3-4-9(15-10(11)12)7(5-8)6-13/h3-6,10,13H,2H2,1H3. The molecule has 15 heavy (non-hydrogen) atoms. The van der Waals surface area contributed by atoms with Gasteiger partial charge < -0.3 is 14.6 Å². The molecule has 1 radical (unpaired) electrons. The van der Waals surface area contributed by atoms with Crippen LogP contribution in [0.2, 0.25) is 0 Å². The van der Waals surface area contributed by atoms with Crippen molar-refractivity contribution in [2.24, 2.45) is 0 Å². The normalized spacial score (nSPS) is 10.5. The van der Waals surface area contributed by atoms with Gasteiger partial charge in [-0.1, -0.05) is 0 Å². The number of aliphatic hydroxyl groups excluding tert-OH is 1. The van der Waals surface area contributed by atoms with Crippen molar-refractivity contribution in [3.63, 3.8) is 0 Å². The third-order valence-corrected chi connectivity index (χ3v) is 1.65. The first kappa shape index (κ1) is 11.7. The predicted octanol–water partition coefficient (Wildman–Crippen LogP) is 2.57. The molecule has 0 amide bonds. The molecule has 83 valence electrons. The summed E-state index contributed by atoms with van der Waals surface area (Å²) < 4.78 is 33.2. The molecule has 0 spiro atoms. The Morgan fingerprint density at radius 3 is 2.73 bits per heavy atom. The van der Waals surface area contributed by atoms with Crippen LogP contribution in [0.15, 0.2) is 18.2 Å². The summed E-state index contributed by atoms with van der Waals surface area (Å²) in [5.74, 6) is 0.398. The lowest BCUT2D eigenvalue weighted by molar-refractivity contribution is -0.0504. The van der Waals surface area contributed by atoms with Crippen molar-refractivity contribution < 1.29 is 23.4 Å². The van der Waals surface area contributed by atoms with E-state index in [2.05, 4.69) is 4.74 Å². The molecule has 1 aromatic rings. The largest absolute Gasteiger partial charge is 0.494 e. The first-order valence-corrected chi connectivity index (χ1v) is 4.36. The third kappa shape index (κ3) is 3.36. The van der Waals surface area contributed by atoms with Crippen molar-refractivity contribution in [1.29, 1.82) is 0 Å². The van der Waals surface area contributed by atoms with Crippen LogP contribution in [0.5, 0.6) is 11.5 Å². The van der Waals surface area contributed by atoms with Gasteiger partial charge in [-0.05, 0) is 25.1 Å². The Labute approximate surface area is 86.2 Å². The number of alkyl halides is 2. The summed E-state index contributed by atoms with van der Waals surface area (Å²) >= 11 is 0. The van der Waals surface area contributed by atoms with Gasteiger partial charge in [0.05, 0.1) is 6.61 Å². The number of rotatable bonds is 5. The van der Waals surface area contributed by atoms with E-state index in [0.717, 1.165) is 0 Å². The van der Waals surface area contributed by atoms with Crippen LogP contribution in [-0.4, -0.2) is 18.3 Å². The molecule has 0 aliphatic heterocycles. The highest BCUT2D eigenvalue weighted by Crippen LogP contribution is 2.26. The minimum atomic E-state index is -2.92. The molecule has 0 bridgehead atoms. The molecule has 1 N–H and O–H groups in total. The Kier molecular flexibility index (Phi) is 4.30. The van der Waals surface area contributed by atoms with E-state index in [1.807, 2.05) is 0 Å². The summed E-state index contributed by atoms with van der Waals surface area (Å²) in [7, 11) is 0. The van der Waals surface area contributed by atoms with Crippen molar-refractivity contribution in [3.8, 4) is 11.5 Å². The number of hydrogen-bond acceptors (Lipinski definition) is 3. The number of halogens is 2. The monoisotopic (exact) mass is 217 g/mol. The second-order valence-electron chi connectivity index (χ2n) is 2.64. The zero-order valence-electron chi connectivity index (χ0n) is 8.11. The van der Waals surface area contributed by atoms with Gasteiger partial charge in [-0.15, -0.1) is 0 Å². The lowest BCUT2D eigenvalue weighted by atomic mass is 10.2. The second-order valence-corrected chi connectivity index (χ2v) is 2.64. The molecule has 0 aliphatic carbocycles. The number of hydrogen-bond donors (Lipinski definition) is 1. The van der Waals surface area contributed by atoms with Crippen molar-refractivity contribution >= 4 is 0 Å². The van der Waals surface area contributed by atoms with Gasteiger partial charge in [0.1, 0.15) is 18.1 Å². The van der Waals surface area contributed by atoms with E-state index in [4.69, 9.17) is 9.84 Å². The molecule has 3 nitrogen and oxygen atoms in total. The third-order valence-electron chi connectivity index (χ3n) is 1.65. The lowest BCUT2D eigenvalue weighted by Gasteiger charge is -2.10. The van der Waals surface area contributed by atoms with Gasteiger partial charge in [0, 0.05) is 5.56 Å². The molecule has 1 rings (SSSR count). The van der Waals surface area contributed by atoms with E-state index in [9.17, 15) is 8.78 Å². The van der Waals surface area contributed by atoms with E-state index in [1.165, 1.54) is 18.2 Å². The summed E-state index contributed by atoms with van der Waals surface area (Å²) in [4.78, 5) is 0. The van der Waals surface area contributed by atoms with Crippen LogP contribution in [0.3, 0.4) is 0 Å². The predicted molar refractivity (Wildman–Crippen MR) is 49.6 cm³/mol. The van der Waals surface area contributed by atoms with E-state index >= 15 is 0 Å². The van der Waals surface area contributed by atoms with Crippen molar-refractivity contribution in [2.45, 2.75) is 13.5 Å². The average molecular weight is 217 g/mol. The quantitative estimate of drug-likeness (QED) is 0.823. The molecular weight excluding hydrogens is 206 g/mol. The van der Waals surface area contributed by atoms with E-state index in [0.29, 0.717) is 19.0 Å². The Morgan fingerprint density at radius 2 is 2.20 bits per heavy atom. The molecular formula is C10H11F2O3. The Hall–Kier alpha value is -1.36. The van der Waals surface area contributed by atoms with E-state index < -0.39 is 6.61 Å². The summed E-state index contributed by atoms with van der Waals surface area (Å²) in [6.45, 7) is 0.0353. The van der Waals surface area contributed by atoms with Crippen LogP contribution in [-0.2, 0) is 0 Å². The Balaban J connectivity index is 2.88. The van der Waals surface area contributed by atoms with E-state index in [1.54, 1.807) is 6.92 Å². The molecule has 0 saturated carbocycles. The summed E-state index contributed by atoms with van der Waals surface area (Å²) in [6, 6.07) is 4.23. The SMILES string of the molecule is CCOc1ccc(OC(F)F)c([CH]O)c1. The molecule has 0 unspecified atom stereocenters. The fraction of sp³-hybridized carbons (Fsp3) is 0.300. The maximum Gasteiger partial charge on any atom is 0.387 e. The van der Waals surface area contributed by atoms with Crippen molar-refractivity contribution in [2.75, 3.05) is 6.61 Å². The molecule has 1 aromatic carbocycles. The maximum atomic E-state index is 11.9. The summed E-state index contributed by atoms with van der Waals surface area (Å²) in [6.07, 6.45) is 0. The first-order valence-electron chi connectivity index (χ1n) is 4.36. The van der Waals surface area contributed by atoms with Gasteiger partial charge in [0.15, 0.2) is 0 Å². The molecule has 0 saturated heterocycles. The Bertz CT molecular complexity index is 316. The van der Waals surface area contributed by atoms with Gasteiger partial charge in [0.25, 0.3) is 0 Å². The highest BCUT2D eigenvalue weighted by atomic mass is 19.3. The zero-order chi connectivity index (χ0) is 11.3. The summed E-state index contributed by atoms with van der Waals surface area (Å²) in [5, 5.41) is 8.82. The van der Waals surface area contributed by atoms with Gasteiger partial charge in [-0.2, -0.15) is 8.78 Å². The highest BCUT2D eigenvalue weighted by Gasteiger charge is 2.10. The van der Waals surface area contributed by atoms with Crippen molar-refractivity contribution in [3.05, 3.63) is 30.4 Å². The molecule has 0 fully saturated rings. The van der Waals surface area contributed by atoms with Gasteiger partial charge in [0.2, 0.25) is 0 Å². The van der Waals surface area contributed by atoms with Gasteiger partial charge in [-0.3, -0.25) is 0 Å². The second kappa shape index (κ2) is 5.50. The molecule has 0 heterocycles. The maximum absolute atomic E-state index is 11.9. The van der Waals surface area contributed by atoms with Crippen LogP contribution in [0, 0.1) is 6.61 Å². The molecule has 0 aliphatic rings. The molecule has 5 heteroatoms. The summed E-state index contributed by atoms with van der Waals surface area (Å²) in [5.41, 5.74) is 0.154.